The lowest BCUT2D eigenvalue weighted by Gasteiger charge is -2.35. The molecule has 4 rings (SSSR count). The Kier molecular flexibility index (Phi) is 6.26. The van der Waals surface area contributed by atoms with Crippen molar-refractivity contribution in [1.29, 1.82) is 0 Å². The Hall–Kier alpha value is -0.830. The van der Waals surface area contributed by atoms with Gasteiger partial charge >= 0.3 is 0 Å². The molecule has 3 heterocycles. The van der Waals surface area contributed by atoms with Crippen LogP contribution in [-0.2, 0) is 0 Å². The lowest BCUT2D eigenvalue weighted by Crippen LogP contribution is -2.49. The zero-order valence-electron chi connectivity index (χ0n) is 15.7. The molecule has 1 amide bonds. The van der Waals surface area contributed by atoms with E-state index in [1.165, 1.54) is 29.2 Å². The number of aliphatic hydroxyl groups is 1. The van der Waals surface area contributed by atoms with Crippen LogP contribution in [0.25, 0.3) is 0 Å². The SMILES string of the molecule is Cc1cnc(C(=O)N[C@H]2C[C@H]3CN(C4CSCCSC4)C[C@H]3C[C@@H]2O)cn1. The van der Waals surface area contributed by atoms with Crippen LogP contribution in [-0.4, -0.2) is 80.2 Å². The van der Waals surface area contributed by atoms with Gasteiger partial charge in [0.05, 0.1) is 24.0 Å². The molecule has 148 valence electrons. The fourth-order valence-corrected chi connectivity index (χ4v) is 7.11. The lowest BCUT2D eigenvalue weighted by molar-refractivity contribution is 0.0459. The number of fused-ring (bicyclic) bond motifs is 1. The van der Waals surface area contributed by atoms with Gasteiger partial charge in [-0.15, -0.1) is 0 Å². The van der Waals surface area contributed by atoms with E-state index in [2.05, 4.69) is 43.7 Å². The number of nitrogens with zero attached hydrogens (tertiary/aromatic N) is 3. The molecule has 1 aliphatic carbocycles. The van der Waals surface area contributed by atoms with Gasteiger partial charge in [0, 0.05) is 48.3 Å². The smallest absolute Gasteiger partial charge is 0.271 e. The van der Waals surface area contributed by atoms with Gasteiger partial charge in [0.2, 0.25) is 0 Å². The standard InChI is InChI=1S/C19H28N4O2S2/c1-12-6-21-17(7-20-12)19(25)22-16-4-13-8-23(9-14(13)5-18(16)24)15-10-26-2-3-27-11-15/h6-7,13-16,18,24H,2-5,8-11H2,1H3,(H,22,25)/t13-,14+,16-,18-/m0/s1. The molecule has 1 aromatic heterocycles. The van der Waals surface area contributed by atoms with E-state index < -0.39 is 6.10 Å². The lowest BCUT2D eigenvalue weighted by atomic mass is 9.77. The summed E-state index contributed by atoms with van der Waals surface area (Å²) in [5, 5.41) is 13.6. The number of rotatable bonds is 3. The predicted molar refractivity (Wildman–Crippen MR) is 110 cm³/mol. The van der Waals surface area contributed by atoms with Gasteiger partial charge in [0.1, 0.15) is 5.69 Å². The van der Waals surface area contributed by atoms with Gasteiger partial charge < -0.3 is 10.4 Å². The van der Waals surface area contributed by atoms with Crippen molar-refractivity contribution in [3.63, 3.8) is 0 Å². The van der Waals surface area contributed by atoms with Gasteiger partial charge in [-0.2, -0.15) is 23.5 Å². The molecule has 0 bridgehead atoms. The number of aryl methyl sites for hydroxylation is 1. The number of carbonyl (C=O) groups excluding carboxylic acids is 1. The van der Waals surface area contributed by atoms with Crippen LogP contribution >= 0.6 is 23.5 Å². The average molecular weight is 409 g/mol. The monoisotopic (exact) mass is 408 g/mol. The number of hydrogen-bond donors (Lipinski definition) is 2. The number of amides is 1. The van der Waals surface area contributed by atoms with E-state index in [0.29, 0.717) is 23.6 Å². The molecule has 3 aliphatic rings. The van der Waals surface area contributed by atoms with Gasteiger partial charge in [0.15, 0.2) is 0 Å². The Morgan fingerprint density at radius 3 is 2.52 bits per heavy atom. The summed E-state index contributed by atoms with van der Waals surface area (Å²) in [7, 11) is 0. The number of aromatic nitrogens is 2. The quantitative estimate of drug-likeness (QED) is 0.783. The van der Waals surface area contributed by atoms with E-state index in [9.17, 15) is 9.90 Å². The van der Waals surface area contributed by atoms with Crippen LogP contribution in [0.15, 0.2) is 12.4 Å². The first-order valence-electron chi connectivity index (χ1n) is 9.77. The minimum Gasteiger partial charge on any atom is -0.391 e. The van der Waals surface area contributed by atoms with E-state index in [-0.39, 0.29) is 11.9 Å². The first-order chi connectivity index (χ1) is 13.1. The second kappa shape index (κ2) is 8.68. The maximum Gasteiger partial charge on any atom is 0.271 e. The molecule has 0 unspecified atom stereocenters. The summed E-state index contributed by atoms with van der Waals surface area (Å²) in [4.78, 5) is 23.4. The van der Waals surface area contributed by atoms with Gasteiger partial charge in [-0.1, -0.05) is 0 Å². The molecule has 2 saturated heterocycles. The van der Waals surface area contributed by atoms with Crippen molar-refractivity contribution >= 4 is 29.4 Å². The van der Waals surface area contributed by atoms with E-state index in [1.54, 1.807) is 6.20 Å². The molecule has 0 spiro atoms. The minimum atomic E-state index is -0.480. The summed E-state index contributed by atoms with van der Waals surface area (Å²) in [5.74, 6) is 5.83. The highest BCUT2D eigenvalue weighted by Gasteiger charge is 2.43. The first kappa shape index (κ1) is 19.5. The van der Waals surface area contributed by atoms with E-state index >= 15 is 0 Å². The van der Waals surface area contributed by atoms with E-state index in [4.69, 9.17) is 0 Å². The molecule has 6 nitrogen and oxygen atoms in total. The normalized spacial score (nSPS) is 32.7. The highest BCUT2D eigenvalue weighted by atomic mass is 32.2. The molecule has 0 aromatic carbocycles. The van der Waals surface area contributed by atoms with Crippen molar-refractivity contribution in [3.05, 3.63) is 23.8 Å². The van der Waals surface area contributed by atoms with Crippen molar-refractivity contribution in [3.8, 4) is 0 Å². The van der Waals surface area contributed by atoms with Crippen molar-refractivity contribution in [2.24, 2.45) is 11.8 Å². The molecule has 0 radical (unpaired) electrons. The average Bonchev–Trinajstić information content (AvgIpc) is 2.88. The fraction of sp³-hybridized carbons (Fsp3) is 0.737. The number of hydrogen-bond acceptors (Lipinski definition) is 7. The van der Waals surface area contributed by atoms with E-state index in [1.807, 2.05) is 6.92 Å². The highest BCUT2D eigenvalue weighted by Crippen LogP contribution is 2.38. The molecule has 1 saturated carbocycles. The van der Waals surface area contributed by atoms with Gasteiger partial charge in [0.25, 0.3) is 5.91 Å². The topological polar surface area (TPSA) is 78.4 Å². The van der Waals surface area contributed by atoms with Crippen LogP contribution in [0.2, 0.25) is 0 Å². The Bertz CT molecular complexity index is 652. The number of aliphatic hydroxyl groups excluding tert-OH is 1. The molecule has 3 fully saturated rings. The first-order valence-corrected chi connectivity index (χ1v) is 12.1. The van der Waals surface area contributed by atoms with Crippen molar-refractivity contribution in [2.45, 2.75) is 38.0 Å². The summed E-state index contributed by atoms with van der Waals surface area (Å²) in [6.07, 6.45) is 4.24. The largest absolute Gasteiger partial charge is 0.391 e. The Balaban J connectivity index is 1.36. The maximum atomic E-state index is 12.5. The van der Waals surface area contributed by atoms with Crippen LogP contribution in [0.1, 0.15) is 29.0 Å². The fourth-order valence-electron chi connectivity index (χ4n) is 4.49. The summed E-state index contributed by atoms with van der Waals surface area (Å²) in [6.45, 7) is 4.04. The Morgan fingerprint density at radius 1 is 1.15 bits per heavy atom. The number of thioether (sulfide) groups is 2. The number of carbonyl (C=O) groups is 1. The zero-order chi connectivity index (χ0) is 18.8. The third kappa shape index (κ3) is 4.60. The van der Waals surface area contributed by atoms with Crippen LogP contribution in [0.3, 0.4) is 0 Å². The van der Waals surface area contributed by atoms with Crippen LogP contribution in [0.4, 0.5) is 0 Å². The summed E-state index contributed by atoms with van der Waals surface area (Å²) >= 11 is 4.14. The minimum absolute atomic E-state index is 0.195. The van der Waals surface area contributed by atoms with Crippen molar-refractivity contribution < 1.29 is 9.90 Å². The summed E-state index contributed by atoms with van der Waals surface area (Å²) in [5.41, 5.74) is 1.10. The van der Waals surface area contributed by atoms with Crippen LogP contribution in [0.5, 0.6) is 0 Å². The van der Waals surface area contributed by atoms with Crippen molar-refractivity contribution in [1.82, 2.24) is 20.2 Å². The molecule has 4 atom stereocenters. The zero-order valence-corrected chi connectivity index (χ0v) is 17.3. The van der Waals surface area contributed by atoms with E-state index in [0.717, 1.165) is 31.6 Å². The molecule has 27 heavy (non-hydrogen) atoms. The highest BCUT2D eigenvalue weighted by molar-refractivity contribution is 8.03. The van der Waals surface area contributed by atoms with Crippen LogP contribution in [0, 0.1) is 18.8 Å². The summed E-state index contributed by atoms with van der Waals surface area (Å²) < 4.78 is 0. The molecule has 2 N–H and O–H groups in total. The van der Waals surface area contributed by atoms with Crippen molar-refractivity contribution in [2.75, 3.05) is 36.1 Å². The molecule has 2 aliphatic heterocycles. The van der Waals surface area contributed by atoms with Gasteiger partial charge in [-0.3, -0.25) is 14.7 Å². The van der Waals surface area contributed by atoms with Gasteiger partial charge in [-0.05, 0) is 31.6 Å². The molecular formula is C19H28N4O2S2. The molecular weight excluding hydrogens is 380 g/mol. The third-order valence-electron chi connectivity index (χ3n) is 6.01. The number of nitrogens with one attached hydrogen (secondary N) is 1. The third-order valence-corrected chi connectivity index (χ3v) is 8.49. The Morgan fingerprint density at radius 2 is 1.85 bits per heavy atom. The van der Waals surface area contributed by atoms with Gasteiger partial charge in [-0.25, -0.2) is 4.98 Å². The number of likely N-dealkylation sites (tertiary alicyclic amines) is 1. The Labute approximate surface area is 169 Å². The molecule has 1 aromatic rings. The maximum absolute atomic E-state index is 12.5. The second-order valence-corrected chi connectivity index (χ2v) is 10.2. The summed E-state index contributed by atoms with van der Waals surface area (Å²) in [6, 6.07) is 0.459. The second-order valence-electron chi connectivity index (χ2n) is 7.94. The predicted octanol–water partition coefficient (Wildman–Crippen LogP) is 1.43. The van der Waals surface area contributed by atoms with Crippen LogP contribution < -0.4 is 5.32 Å². The molecule has 8 heteroatoms.